The van der Waals surface area contributed by atoms with Gasteiger partial charge in [0.2, 0.25) is 0 Å². The molecule has 0 atom stereocenters. The molecule has 0 aliphatic carbocycles. The highest BCUT2D eigenvalue weighted by Crippen LogP contribution is 2.38. The SMILES string of the molecule is Cc1ccc(-c2c3nc(c(-c4ccc(C)cc4)c4ccc([nH]4)c(-c4ccc(C(=O)NCCCCCCO)cc4)c4nc(c(-c5ccc(C)cc5)c5ccc2[nH]5)C=C4)C=C3)cc1. The molecule has 61 heavy (non-hydrogen) atoms. The van der Waals surface area contributed by atoms with Crippen LogP contribution in [0.5, 0.6) is 0 Å². The van der Waals surface area contributed by atoms with Crippen LogP contribution in [0.4, 0.5) is 0 Å². The lowest BCUT2D eigenvalue weighted by molar-refractivity contribution is 0.0952. The van der Waals surface area contributed by atoms with Gasteiger partial charge in [-0.25, -0.2) is 9.97 Å². The molecule has 302 valence electrons. The van der Waals surface area contributed by atoms with Crippen LogP contribution in [0.2, 0.25) is 0 Å². The number of hydrogen-bond donors (Lipinski definition) is 4. The number of amides is 1. The summed E-state index contributed by atoms with van der Waals surface area (Å²) in [6.45, 7) is 7.12. The molecule has 2 aliphatic heterocycles. The van der Waals surface area contributed by atoms with E-state index >= 15 is 0 Å². The van der Waals surface area contributed by atoms with Gasteiger partial charge < -0.3 is 20.4 Å². The molecule has 3 aromatic heterocycles. The van der Waals surface area contributed by atoms with E-state index in [0.29, 0.717) is 12.1 Å². The molecule has 0 fully saturated rings. The number of aliphatic hydroxyl groups excluding tert-OH is 1. The zero-order valence-electron chi connectivity index (χ0n) is 34.8. The molecule has 2 aliphatic rings. The first-order valence-corrected chi connectivity index (χ1v) is 21.2. The summed E-state index contributed by atoms with van der Waals surface area (Å²) in [5, 5.41) is 12.1. The number of benzene rings is 4. The smallest absolute Gasteiger partial charge is 0.251 e. The van der Waals surface area contributed by atoms with Crippen LogP contribution in [0, 0.1) is 20.8 Å². The summed E-state index contributed by atoms with van der Waals surface area (Å²) < 4.78 is 0. The summed E-state index contributed by atoms with van der Waals surface area (Å²) in [6, 6.07) is 42.2. The van der Waals surface area contributed by atoms with Crippen molar-refractivity contribution in [3.8, 4) is 44.5 Å². The van der Waals surface area contributed by atoms with Crippen LogP contribution in [-0.4, -0.2) is 44.1 Å². The van der Waals surface area contributed by atoms with E-state index < -0.39 is 0 Å². The van der Waals surface area contributed by atoms with Crippen LogP contribution in [-0.2, 0) is 0 Å². The highest BCUT2D eigenvalue weighted by molar-refractivity contribution is 6.00. The number of aliphatic hydroxyl groups is 1. The average molecular weight is 800 g/mol. The van der Waals surface area contributed by atoms with E-state index in [4.69, 9.17) is 15.1 Å². The van der Waals surface area contributed by atoms with E-state index in [9.17, 15) is 4.79 Å². The number of carbonyl (C=O) groups excluding carboxylic acids is 1. The molecule has 5 heterocycles. The predicted octanol–water partition coefficient (Wildman–Crippen LogP) is 12.5. The van der Waals surface area contributed by atoms with E-state index in [1.807, 2.05) is 24.3 Å². The molecule has 4 N–H and O–H groups in total. The molecule has 9 rings (SSSR count). The molecule has 7 heteroatoms. The zero-order chi connectivity index (χ0) is 41.9. The second kappa shape index (κ2) is 17.3. The molecule has 0 unspecified atom stereocenters. The molecule has 0 saturated carbocycles. The van der Waals surface area contributed by atoms with Crippen LogP contribution in [0.3, 0.4) is 0 Å². The van der Waals surface area contributed by atoms with E-state index in [-0.39, 0.29) is 12.5 Å². The third-order valence-corrected chi connectivity index (χ3v) is 11.6. The minimum atomic E-state index is -0.100. The van der Waals surface area contributed by atoms with Gasteiger partial charge in [0.05, 0.1) is 22.8 Å². The number of fused-ring (bicyclic) bond motifs is 8. The highest BCUT2D eigenvalue weighted by atomic mass is 16.3. The summed E-state index contributed by atoms with van der Waals surface area (Å²) >= 11 is 0. The molecular formula is C54H49N5O2. The number of H-pyrrole nitrogens is 2. The summed E-state index contributed by atoms with van der Waals surface area (Å²) in [5.74, 6) is -0.100. The Labute approximate surface area is 356 Å². The number of nitrogens with zero attached hydrogens (tertiary/aromatic N) is 2. The summed E-state index contributed by atoms with van der Waals surface area (Å²) in [4.78, 5) is 31.7. The minimum absolute atomic E-state index is 0.100. The first-order valence-electron chi connectivity index (χ1n) is 21.2. The molecule has 8 bridgehead atoms. The molecule has 7 aromatic rings. The van der Waals surface area contributed by atoms with Crippen LogP contribution < -0.4 is 5.32 Å². The van der Waals surface area contributed by atoms with Gasteiger partial charge in [-0.3, -0.25) is 4.79 Å². The largest absolute Gasteiger partial charge is 0.396 e. The Morgan fingerprint density at radius 2 is 0.787 bits per heavy atom. The Kier molecular flexibility index (Phi) is 11.1. The van der Waals surface area contributed by atoms with E-state index in [0.717, 1.165) is 115 Å². The Balaban J connectivity index is 1.30. The van der Waals surface area contributed by atoms with Crippen LogP contribution in [0.15, 0.2) is 121 Å². The highest BCUT2D eigenvalue weighted by Gasteiger charge is 2.19. The quantitative estimate of drug-likeness (QED) is 0.0977. The topological polar surface area (TPSA) is 107 Å². The predicted molar refractivity (Wildman–Crippen MR) is 253 cm³/mol. The van der Waals surface area contributed by atoms with E-state index in [1.54, 1.807) is 0 Å². The van der Waals surface area contributed by atoms with Crippen molar-refractivity contribution in [3.63, 3.8) is 0 Å². The maximum Gasteiger partial charge on any atom is 0.251 e. The number of rotatable bonds is 11. The van der Waals surface area contributed by atoms with Gasteiger partial charge in [0.15, 0.2) is 0 Å². The third kappa shape index (κ3) is 8.25. The monoisotopic (exact) mass is 799 g/mol. The van der Waals surface area contributed by atoms with Crippen molar-refractivity contribution in [2.45, 2.75) is 46.5 Å². The number of carbonyl (C=O) groups is 1. The second-order valence-corrected chi connectivity index (χ2v) is 16.1. The lowest BCUT2D eigenvalue weighted by Crippen LogP contribution is -2.24. The first kappa shape index (κ1) is 39.4. The number of aromatic amines is 2. The van der Waals surface area contributed by atoms with Crippen molar-refractivity contribution >= 4 is 52.3 Å². The Morgan fingerprint density at radius 1 is 0.459 bits per heavy atom. The molecule has 7 nitrogen and oxygen atoms in total. The number of nitrogens with one attached hydrogen (secondary N) is 3. The van der Waals surface area contributed by atoms with Crippen molar-refractivity contribution in [2.24, 2.45) is 0 Å². The van der Waals surface area contributed by atoms with Gasteiger partial charge in [-0.1, -0.05) is 114 Å². The fourth-order valence-electron chi connectivity index (χ4n) is 8.26. The van der Waals surface area contributed by atoms with Gasteiger partial charge in [-0.05, 0) is 117 Å². The van der Waals surface area contributed by atoms with Crippen LogP contribution in [0.25, 0.3) is 90.9 Å². The second-order valence-electron chi connectivity index (χ2n) is 16.1. The van der Waals surface area contributed by atoms with Crippen molar-refractivity contribution in [1.82, 2.24) is 25.3 Å². The summed E-state index contributed by atoms with van der Waals surface area (Å²) in [5.41, 5.74) is 19.3. The number of aryl methyl sites for hydroxylation is 3. The maximum atomic E-state index is 13.2. The Hall–Kier alpha value is -7.09. The van der Waals surface area contributed by atoms with Gasteiger partial charge in [-0.2, -0.15) is 0 Å². The van der Waals surface area contributed by atoms with Gasteiger partial charge in [-0.15, -0.1) is 0 Å². The van der Waals surface area contributed by atoms with Crippen LogP contribution in [0.1, 0.15) is 75.5 Å². The number of aromatic nitrogens is 4. The Bertz CT molecular complexity index is 2930. The first-order chi connectivity index (χ1) is 29.8. The van der Waals surface area contributed by atoms with Gasteiger partial charge >= 0.3 is 0 Å². The van der Waals surface area contributed by atoms with Gasteiger partial charge in [0.1, 0.15) is 0 Å². The molecule has 4 aromatic carbocycles. The normalized spacial score (nSPS) is 11.9. The summed E-state index contributed by atoms with van der Waals surface area (Å²) in [6.07, 6.45) is 12.0. The average Bonchev–Trinajstić information content (AvgIpc) is 4.12. The molecule has 0 saturated heterocycles. The van der Waals surface area contributed by atoms with Crippen molar-refractivity contribution in [3.05, 3.63) is 166 Å². The fraction of sp³-hybridized carbons (Fsp3) is 0.167. The molecule has 0 spiro atoms. The van der Waals surface area contributed by atoms with Crippen molar-refractivity contribution < 1.29 is 9.90 Å². The van der Waals surface area contributed by atoms with Gasteiger partial charge in [0.25, 0.3) is 5.91 Å². The minimum Gasteiger partial charge on any atom is -0.396 e. The lowest BCUT2D eigenvalue weighted by Gasteiger charge is -2.08. The van der Waals surface area contributed by atoms with Crippen LogP contribution >= 0.6 is 0 Å². The fourth-order valence-corrected chi connectivity index (χ4v) is 8.26. The van der Waals surface area contributed by atoms with E-state index in [1.165, 1.54) is 16.7 Å². The third-order valence-electron chi connectivity index (χ3n) is 11.6. The zero-order valence-corrected chi connectivity index (χ0v) is 34.8. The number of hydrogen-bond acceptors (Lipinski definition) is 4. The lowest BCUT2D eigenvalue weighted by atomic mass is 10.0. The summed E-state index contributed by atoms with van der Waals surface area (Å²) in [7, 11) is 0. The standard InChI is InChI=1S/C54H49N5O2/c1-34-8-14-37(15-9-34)50-42-24-26-44(56-42)51(38-16-10-35(2)11-17-38)46-28-30-48(58-46)53(40-20-22-41(23-21-40)54(61)55-32-6-4-5-7-33-60)49-31-29-47(59-49)52(45-27-25-43(50)57-45)39-18-12-36(3)13-19-39/h8-31,56,59-60H,4-7,32-33H2,1-3H3,(H,55,61). The molecular weight excluding hydrogens is 751 g/mol. The Morgan fingerprint density at radius 3 is 1.13 bits per heavy atom. The maximum absolute atomic E-state index is 13.2. The molecule has 0 radical (unpaired) electrons. The van der Waals surface area contributed by atoms with Gasteiger partial charge in [0, 0.05) is 63.0 Å². The molecule has 1 amide bonds. The van der Waals surface area contributed by atoms with Crippen molar-refractivity contribution in [1.29, 1.82) is 0 Å². The van der Waals surface area contributed by atoms with Crippen molar-refractivity contribution in [2.75, 3.05) is 13.2 Å². The number of unbranched alkanes of at least 4 members (excludes halogenated alkanes) is 3. The van der Waals surface area contributed by atoms with E-state index in [2.05, 4.69) is 157 Å².